The number of methoxy groups -OCH3 is 1. The molecule has 0 aliphatic heterocycles. The molecule has 0 bridgehead atoms. The number of ether oxygens (including phenoxy) is 2. The second kappa shape index (κ2) is 7.01. The highest BCUT2D eigenvalue weighted by atomic mass is 16.5. The summed E-state index contributed by atoms with van der Waals surface area (Å²) in [4.78, 5) is 11.4. The van der Waals surface area contributed by atoms with Gasteiger partial charge in [0.15, 0.2) is 0 Å². The molecule has 0 aliphatic carbocycles. The minimum absolute atomic E-state index is 0.101. The van der Waals surface area contributed by atoms with E-state index in [1.54, 1.807) is 7.11 Å². The minimum Gasteiger partial charge on any atom is -0.461 e. The van der Waals surface area contributed by atoms with Crippen molar-refractivity contribution in [3.63, 3.8) is 0 Å². The van der Waals surface area contributed by atoms with Crippen LogP contribution in [-0.2, 0) is 20.9 Å². The first-order valence-electron chi connectivity index (χ1n) is 5.44. The Labute approximate surface area is 96.4 Å². The molecule has 0 N–H and O–H groups in total. The van der Waals surface area contributed by atoms with Gasteiger partial charge in [-0.25, -0.2) is 0 Å². The molecule has 3 heteroatoms. The van der Waals surface area contributed by atoms with Gasteiger partial charge in [0.25, 0.3) is 0 Å². The maximum absolute atomic E-state index is 11.4. The van der Waals surface area contributed by atoms with E-state index in [2.05, 4.69) is 0 Å². The van der Waals surface area contributed by atoms with Gasteiger partial charge in [0.1, 0.15) is 6.61 Å². The van der Waals surface area contributed by atoms with Gasteiger partial charge in [-0.15, -0.1) is 0 Å². The second-order valence-electron chi connectivity index (χ2n) is 3.73. The Morgan fingerprint density at radius 2 is 2.00 bits per heavy atom. The van der Waals surface area contributed by atoms with Gasteiger partial charge in [0, 0.05) is 13.5 Å². The minimum atomic E-state index is -0.173. The van der Waals surface area contributed by atoms with E-state index in [-0.39, 0.29) is 12.1 Å². The summed E-state index contributed by atoms with van der Waals surface area (Å²) >= 11 is 0. The van der Waals surface area contributed by atoms with E-state index < -0.39 is 0 Å². The summed E-state index contributed by atoms with van der Waals surface area (Å²) in [5.41, 5.74) is 1.01. The summed E-state index contributed by atoms with van der Waals surface area (Å²) in [5, 5.41) is 0. The summed E-state index contributed by atoms with van der Waals surface area (Å²) in [6.45, 7) is 2.28. The molecule has 0 radical (unpaired) electrons. The molecule has 0 heterocycles. The number of carbonyl (C=O) groups is 1. The molecule has 0 fully saturated rings. The predicted octanol–water partition coefficient (Wildman–Crippen LogP) is 2.54. The lowest BCUT2D eigenvalue weighted by molar-refractivity contribution is -0.145. The van der Waals surface area contributed by atoms with E-state index in [9.17, 15) is 4.79 Å². The fourth-order valence-corrected chi connectivity index (χ4v) is 1.25. The van der Waals surface area contributed by atoms with Crippen molar-refractivity contribution >= 4 is 5.97 Å². The van der Waals surface area contributed by atoms with Crippen molar-refractivity contribution in [2.75, 3.05) is 7.11 Å². The smallest absolute Gasteiger partial charge is 0.306 e. The van der Waals surface area contributed by atoms with E-state index in [0.29, 0.717) is 19.4 Å². The van der Waals surface area contributed by atoms with Crippen LogP contribution in [0.2, 0.25) is 0 Å². The van der Waals surface area contributed by atoms with Gasteiger partial charge in [0.2, 0.25) is 0 Å². The van der Waals surface area contributed by atoms with Gasteiger partial charge in [-0.2, -0.15) is 0 Å². The van der Waals surface area contributed by atoms with Crippen molar-refractivity contribution in [3.05, 3.63) is 35.9 Å². The van der Waals surface area contributed by atoms with Crippen LogP contribution in [0.4, 0.5) is 0 Å². The summed E-state index contributed by atoms with van der Waals surface area (Å²) in [6.07, 6.45) is 1.20. The fourth-order valence-electron chi connectivity index (χ4n) is 1.25. The second-order valence-corrected chi connectivity index (χ2v) is 3.73. The van der Waals surface area contributed by atoms with Crippen LogP contribution in [-0.4, -0.2) is 19.2 Å². The van der Waals surface area contributed by atoms with Crippen LogP contribution in [0.25, 0.3) is 0 Å². The zero-order valence-electron chi connectivity index (χ0n) is 9.81. The highest BCUT2D eigenvalue weighted by Gasteiger charge is 2.06. The Balaban J connectivity index is 2.20. The van der Waals surface area contributed by atoms with E-state index in [4.69, 9.17) is 9.47 Å². The molecule has 1 atom stereocenters. The summed E-state index contributed by atoms with van der Waals surface area (Å²) < 4.78 is 10.2. The summed E-state index contributed by atoms with van der Waals surface area (Å²) in [6, 6.07) is 9.66. The quantitative estimate of drug-likeness (QED) is 0.694. The molecule has 0 spiro atoms. The number of esters is 1. The average Bonchev–Trinajstić information content (AvgIpc) is 2.34. The zero-order valence-corrected chi connectivity index (χ0v) is 9.81. The molecule has 0 aliphatic rings. The Morgan fingerprint density at radius 1 is 1.31 bits per heavy atom. The first-order chi connectivity index (χ1) is 7.72. The zero-order chi connectivity index (χ0) is 11.8. The third-order valence-electron chi connectivity index (χ3n) is 2.40. The number of carbonyl (C=O) groups excluding carboxylic acids is 1. The van der Waals surface area contributed by atoms with E-state index >= 15 is 0 Å². The lowest BCUT2D eigenvalue weighted by Crippen LogP contribution is -2.10. The fraction of sp³-hybridized carbons (Fsp3) is 0.462. The average molecular weight is 222 g/mol. The molecule has 1 aromatic carbocycles. The number of hydrogen-bond acceptors (Lipinski definition) is 3. The van der Waals surface area contributed by atoms with Crippen molar-refractivity contribution in [3.8, 4) is 0 Å². The Bertz CT molecular complexity index is 308. The van der Waals surface area contributed by atoms with Crippen LogP contribution in [0.1, 0.15) is 25.3 Å². The summed E-state index contributed by atoms with van der Waals surface area (Å²) in [7, 11) is 1.64. The van der Waals surface area contributed by atoms with Gasteiger partial charge in [-0.3, -0.25) is 4.79 Å². The van der Waals surface area contributed by atoms with Crippen LogP contribution < -0.4 is 0 Å². The van der Waals surface area contributed by atoms with E-state index in [0.717, 1.165) is 5.56 Å². The standard InChI is InChI=1S/C13H18O3/c1-11(15-2)8-9-13(14)16-10-12-6-4-3-5-7-12/h3-7,11H,8-10H2,1-2H3. The molecule has 1 unspecified atom stereocenters. The maximum Gasteiger partial charge on any atom is 0.306 e. The molecule has 0 saturated carbocycles. The third-order valence-corrected chi connectivity index (χ3v) is 2.40. The van der Waals surface area contributed by atoms with Gasteiger partial charge >= 0.3 is 5.97 Å². The molecule has 0 saturated heterocycles. The van der Waals surface area contributed by atoms with Gasteiger partial charge in [0.05, 0.1) is 6.10 Å². The van der Waals surface area contributed by atoms with Crippen LogP contribution in [0, 0.1) is 0 Å². The molecule has 0 amide bonds. The first-order valence-corrected chi connectivity index (χ1v) is 5.44. The largest absolute Gasteiger partial charge is 0.461 e. The lowest BCUT2D eigenvalue weighted by atomic mass is 10.2. The number of benzene rings is 1. The third kappa shape index (κ3) is 4.94. The maximum atomic E-state index is 11.4. The van der Waals surface area contributed by atoms with Gasteiger partial charge < -0.3 is 9.47 Å². The molecule has 0 aromatic heterocycles. The Hall–Kier alpha value is -1.35. The molecule has 3 nitrogen and oxygen atoms in total. The van der Waals surface area contributed by atoms with Crippen molar-refractivity contribution in [2.45, 2.75) is 32.5 Å². The predicted molar refractivity (Wildman–Crippen MR) is 61.9 cm³/mol. The van der Waals surface area contributed by atoms with Crippen LogP contribution in [0.3, 0.4) is 0 Å². The Kier molecular flexibility index (Phi) is 5.57. The molecular weight excluding hydrogens is 204 g/mol. The monoisotopic (exact) mass is 222 g/mol. The van der Waals surface area contributed by atoms with E-state index in [1.165, 1.54) is 0 Å². The number of hydrogen-bond donors (Lipinski definition) is 0. The normalized spacial score (nSPS) is 12.1. The lowest BCUT2D eigenvalue weighted by Gasteiger charge is -2.08. The van der Waals surface area contributed by atoms with Crippen LogP contribution in [0.15, 0.2) is 30.3 Å². The SMILES string of the molecule is COC(C)CCC(=O)OCc1ccccc1. The molecular formula is C13H18O3. The molecule has 1 aromatic rings. The van der Waals surface area contributed by atoms with Crippen LogP contribution >= 0.6 is 0 Å². The Morgan fingerprint density at radius 3 is 2.62 bits per heavy atom. The topological polar surface area (TPSA) is 35.5 Å². The van der Waals surface area contributed by atoms with E-state index in [1.807, 2.05) is 37.3 Å². The van der Waals surface area contributed by atoms with Crippen molar-refractivity contribution in [2.24, 2.45) is 0 Å². The molecule has 16 heavy (non-hydrogen) atoms. The first kappa shape index (κ1) is 12.7. The number of rotatable bonds is 6. The van der Waals surface area contributed by atoms with Crippen molar-refractivity contribution in [1.82, 2.24) is 0 Å². The summed E-state index contributed by atoms with van der Waals surface area (Å²) in [5.74, 6) is -0.173. The highest BCUT2D eigenvalue weighted by Crippen LogP contribution is 2.05. The molecule has 88 valence electrons. The van der Waals surface area contributed by atoms with Gasteiger partial charge in [-0.1, -0.05) is 30.3 Å². The van der Waals surface area contributed by atoms with Crippen molar-refractivity contribution in [1.29, 1.82) is 0 Å². The van der Waals surface area contributed by atoms with Gasteiger partial charge in [-0.05, 0) is 18.9 Å². The molecule has 1 rings (SSSR count). The highest BCUT2D eigenvalue weighted by molar-refractivity contribution is 5.69. The van der Waals surface area contributed by atoms with Crippen molar-refractivity contribution < 1.29 is 14.3 Å². The van der Waals surface area contributed by atoms with Crippen LogP contribution in [0.5, 0.6) is 0 Å².